The summed E-state index contributed by atoms with van der Waals surface area (Å²) in [5.74, 6) is 0.563. The van der Waals surface area contributed by atoms with Crippen LogP contribution in [0.5, 0.6) is 0 Å². The van der Waals surface area contributed by atoms with Gasteiger partial charge in [0.1, 0.15) is 0 Å². The van der Waals surface area contributed by atoms with Gasteiger partial charge in [0.2, 0.25) is 0 Å². The van der Waals surface area contributed by atoms with Gasteiger partial charge in [-0.3, -0.25) is 0 Å². The summed E-state index contributed by atoms with van der Waals surface area (Å²) in [6.45, 7) is 12.0. The van der Waals surface area contributed by atoms with Crippen LogP contribution in [0.3, 0.4) is 0 Å². The Labute approximate surface area is 82.0 Å². The second kappa shape index (κ2) is 3.97. The van der Waals surface area contributed by atoms with Gasteiger partial charge in [0, 0.05) is 12.6 Å². The van der Waals surface area contributed by atoms with Crippen LogP contribution in [0.2, 0.25) is 0 Å². The van der Waals surface area contributed by atoms with Crippen molar-refractivity contribution in [1.29, 1.82) is 0 Å². The van der Waals surface area contributed by atoms with Crippen molar-refractivity contribution in [1.82, 2.24) is 5.32 Å². The molecule has 78 valence electrons. The van der Waals surface area contributed by atoms with E-state index in [0.717, 1.165) is 13.0 Å². The molecule has 0 aromatic heterocycles. The molecule has 3 unspecified atom stereocenters. The third kappa shape index (κ3) is 2.68. The molecule has 0 aliphatic carbocycles. The normalized spacial score (nSPS) is 42.0. The van der Waals surface area contributed by atoms with Crippen molar-refractivity contribution in [2.24, 2.45) is 5.92 Å². The standard InChI is InChI=1S/C11H23NO/c1-8(2)11(5)7-12-9(3)6-10(4)13-11/h8-10,12H,6-7H2,1-5H3. The fourth-order valence-electron chi connectivity index (χ4n) is 1.85. The minimum Gasteiger partial charge on any atom is -0.371 e. The molecule has 1 aliphatic heterocycles. The molecule has 0 bridgehead atoms. The topological polar surface area (TPSA) is 21.3 Å². The molecule has 0 spiro atoms. The van der Waals surface area contributed by atoms with E-state index in [1.807, 2.05) is 0 Å². The van der Waals surface area contributed by atoms with Crippen LogP contribution in [0.1, 0.15) is 41.0 Å². The lowest BCUT2D eigenvalue weighted by Gasteiger charge is -2.34. The van der Waals surface area contributed by atoms with Crippen molar-refractivity contribution in [3.05, 3.63) is 0 Å². The third-order valence-corrected chi connectivity index (χ3v) is 3.18. The Bertz CT molecular complexity index is 169. The first-order chi connectivity index (χ1) is 5.94. The molecular weight excluding hydrogens is 162 g/mol. The predicted octanol–water partition coefficient (Wildman–Crippen LogP) is 2.19. The minimum absolute atomic E-state index is 0.00414. The van der Waals surface area contributed by atoms with E-state index in [1.165, 1.54) is 0 Å². The summed E-state index contributed by atoms with van der Waals surface area (Å²) in [4.78, 5) is 0. The second-order valence-electron chi connectivity index (χ2n) is 4.91. The third-order valence-electron chi connectivity index (χ3n) is 3.18. The number of hydrogen-bond donors (Lipinski definition) is 1. The smallest absolute Gasteiger partial charge is 0.0804 e. The summed E-state index contributed by atoms with van der Waals surface area (Å²) in [7, 11) is 0. The van der Waals surface area contributed by atoms with E-state index in [-0.39, 0.29) is 5.60 Å². The SMILES string of the molecule is CC1CC(C)OC(C)(C(C)C)CN1. The molecule has 0 aromatic rings. The molecule has 1 N–H and O–H groups in total. The molecule has 0 aromatic carbocycles. The van der Waals surface area contributed by atoms with Crippen molar-refractivity contribution in [2.45, 2.75) is 58.8 Å². The molecule has 2 nitrogen and oxygen atoms in total. The second-order valence-corrected chi connectivity index (χ2v) is 4.91. The summed E-state index contributed by atoms with van der Waals surface area (Å²) in [5.41, 5.74) is 0.00414. The van der Waals surface area contributed by atoms with Gasteiger partial charge in [0.15, 0.2) is 0 Å². The van der Waals surface area contributed by atoms with Gasteiger partial charge in [0.05, 0.1) is 11.7 Å². The van der Waals surface area contributed by atoms with E-state index in [9.17, 15) is 0 Å². The van der Waals surface area contributed by atoms with Crippen LogP contribution < -0.4 is 5.32 Å². The fourth-order valence-corrected chi connectivity index (χ4v) is 1.85. The lowest BCUT2D eigenvalue weighted by Crippen LogP contribution is -2.44. The molecule has 3 atom stereocenters. The highest BCUT2D eigenvalue weighted by Crippen LogP contribution is 2.26. The van der Waals surface area contributed by atoms with Gasteiger partial charge in [-0.1, -0.05) is 13.8 Å². The number of rotatable bonds is 1. The summed E-state index contributed by atoms with van der Waals surface area (Å²) >= 11 is 0. The first kappa shape index (κ1) is 11.0. The largest absolute Gasteiger partial charge is 0.371 e. The van der Waals surface area contributed by atoms with Gasteiger partial charge in [-0.25, -0.2) is 0 Å². The van der Waals surface area contributed by atoms with E-state index in [4.69, 9.17) is 4.74 Å². The van der Waals surface area contributed by atoms with Gasteiger partial charge in [0.25, 0.3) is 0 Å². The summed E-state index contributed by atoms with van der Waals surface area (Å²) in [6, 6.07) is 0.579. The van der Waals surface area contributed by atoms with Crippen LogP contribution in [0.4, 0.5) is 0 Å². The molecule has 0 radical (unpaired) electrons. The lowest BCUT2D eigenvalue weighted by molar-refractivity contribution is -0.0916. The Morgan fingerprint density at radius 3 is 2.54 bits per heavy atom. The van der Waals surface area contributed by atoms with E-state index < -0.39 is 0 Å². The van der Waals surface area contributed by atoms with Crippen molar-refractivity contribution in [3.8, 4) is 0 Å². The molecule has 0 saturated carbocycles. The average Bonchev–Trinajstić information content (AvgIpc) is 2.11. The van der Waals surface area contributed by atoms with E-state index >= 15 is 0 Å². The quantitative estimate of drug-likeness (QED) is 0.676. The average molecular weight is 185 g/mol. The number of ether oxygens (including phenoxy) is 1. The van der Waals surface area contributed by atoms with Crippen LogP contribution in [-0.4, -0.2) is 24.3 Å². The molecule has 1 aliphatic rings. The van der Waals surface area contributed by atoms with Crippen molar-refractivity contribution in [3.63, 3.8) is 0 Å². The fraction of sp³-hybridized carbons (Fsp3) is 1.00. The van der Waals surface area contributed by atoms with Gasteiger partial charge in [-0.15, -0.1) is 0 Å². The van der Waals surface area contributed by atoms with E-state index in [1.54, 1.807) is 0 Å². The predicted molar refractivity (Wildman–Crippen MR) is 55.9 cm³/mol. The monoisotopic (exact) mass is 185 g/mol. The molecular formula is C11H23NO. The maximum atomic E-state index is 6.07. The maximum absolute atomic E-state index is 6.07. The highest BCUT2D eigenvalue weighted by molar-refractivity contribution is 4.87. The van der Waals surface area contributed by atoms with E-state index in [0.29, 0.717) is 18.1 Å². The highest BCUT2D eigenvalue weighted by atomic mass is 16.5. The Balaban J connectivity index is 2.66. The number of nitrogens with one attached hydrogen (secondary N) is 1. The first-order valence-electron chi connectivity index (χ1n) is 5.35. The van der Waals surface area contributed by atoms with Crippen LogP contribution in [0.15, 0.2) is 0 Å². The molecule has 1 heterocycles. The zero-order valence-electron chi connectivity index (χ0n) is 9.55. The van der Waals surface area contributed by atoms with Crippen molar-refractivity contribution in [2.75, 3.05) is 6.54 Å². The Hall–Kier alpha value is -0.0800. The summed E-state index contributed by atoms with van der Waals surface area (Å²) in [5, 5.41) is 3.52. The zero-order chi connectivity index (χ0) is 10.1. The van der Waals surface area contributed by atoms with Crippen LogP contribution in [0.25, 0.3) is 0 Å². The Morgan fingerprint density at radius 2 is 2.00 bits per heavy atom. The van der Waals surface area contributed by atoms with E-state index in [2.05, 4.69) is 39.9 Å². The van der Waals surface area contributed by atoms with Gasteiger partial charge >= 0.3 is 0 Å². The van der Waals surface area contributed by atoms with Gasteiger partial charge < -0.3 is 10.1 Å². The van der Waals surface area contributed by atoms with Crippen molar-refractivity contribution >= 4 is 0 Å². The zero-order valence-corrected chi connectivity index (χ0v) is 9.55. The van der Waals surface area contributed by atoms with Crippen molar-refractivity contribution < 1.29 is 4.74 Å². The number of hydrogen-bond acceptors (Lipinski definition) is 2. The summed E-state index contributed by atoms with van der Waals surface area (Å²) < 4.78 is 6.07. The molecule has 2 heteroatoms. The first-order valence-corrected chi connectivity index (χ1v) is 5.35. The Kier molecular flexibility index (Phi) is 3.36. The van der Waals surface area contributed by atoms with Gasteiger partial charge in [-0.2, -0.15) is 0 Å². The molecule has 1 saturated heterocycles. The van der Waals surface area contributed by atoms with Gasteiger partial charge in [-0.05, 0) is 33.1 Å². The molecule has 1 fully saturated rings. The maximum Gasteiger partial charge on any atom is 0.0804 e. The lowest BCUT2D eigenvalue weighted by atomic mass is 9.92. The minimum atomic E-state index is 0.00414. The summed E-state index contributed by atoms with van der Waals surface area (Å²) in [6.07, 6.45) is 1.49. The Morgan fingerprint density at radius 1 is 1.38 bits per heavy atom. The van der Waals surface area contributed by atoms with Crippen LogP contribution in [0, 0.1) is 5.92 Å². The highest BCUT2D eigenvalue weighted by Gasteiger charge is 2.34. The molecule has 1 rings (SSSR count). The molecule has 13 heavy (non-hydrogen) atoms. The molecule has 0 amide bonds. The van der Waals surface area contributed by atoms with Crippen LogP contribution >= 0.6 is 0 Å². The van der Waals surface area contributed by atoms with Crippen LogP contribution in [-0.2, 0) is 4.74 Å².